The number of methoxy groups -OCH3 is 1. The van der Waals surface area contributed by atoms with Crippen LogP contribution >= 0.6 is 0 Å². The second kappa shape index (κ2) is 5.12. The Hall–Kier alpha value is -2.10. The molecule has 0 spiro atoms. The molecule has 4 nitrogen and oxygen atoms in total. The van der Waals surface area contributed by atoms with Crippen LogP contribution in [0.15, 0.2) is 35.5 Å². The van der Waals surface area contributed by atoms with Gasteiger partial charge in [-0.2, -0.15) is 0 Å². The van der Waals surface area contributed by atoms with Crippen LogP contribution in [0.4, 0.5) is 0 Å². The highest BCUT2D eigenvalue weighted by molar-refractivity contribution is 6.01. The van der Waals surface area contributed by atoms with Gasteiger partial charge in [0, 0.05) is 35.6 Å². The fourth-order valence-electron chi connectivity index (χ4n) is 3.12. The molecule has 1 aromatic rings. The van der Waals surface area contributed by atoms with Crippen LogP contribution < -0.4 is 10.1 Å². The van der Waals surface area contributed by atoms with Crippen molar-refractivity contribution < 1.29 is 14.3 Å². The molecule has 0 fully saturated rings. The maximum Gasteiger partial charge on any atom is 0.225 e. The summed E-state index contributed by atoms with van der Waals surface area (Å²) in [5.41, 5.74) is 2.52. The number of ether oxygens (including phenoxy) is 1. The summed E-state index contributed by atoms with van der Waals surface area (Å²) in [5, 5.41) is 2.86. The average Bonchev–Trinajstić information content (AvgIpc) is 2.46. The highest BCUT2D eigenvalue weighted by atomic mass is 16.5. The van der Waals surface area contributed by atoms with Crippen LogP contribution in [0.2, 0.25) is 0 Å². The zero-order valence-corrected chi connectivity index (χ0v) is 11.4. The summed E-state index contributed by atoms with van der Waals surface area (Å²) in [6, 6.07) is 7.62. The Morgan fingerprint density at radius 2 is 2.00 bits per heavy atom. The van der Waals surface area contributed by atoms with Gasteiger partial charge in [0.15, 0.2) is 5.78 Å². The molecule has 1 aromatic carbocycles. The minimum absolute atomic E-state index is 0.0191. The standard InChI is InChI=1S/C16H17NO3/c1-20-14-8-3-2-5-10(14)11-9-15(19)17-12-6-4-7-13(18)16(11)12/h2-3,5,8,11H,4,6-7,9H2,1H3,(H,17,19). The number of ketones is 1. The van der Waals surface area contributed by atoms with Crippen LogP contribution in [-0.2, 0) is 9.59 Å². The van der Waals surface area contributed by atoms with E-state index >= 15 is 0 Å². The number of carbonyl (C=O) groups is 2. The molecule has 3 rings (SSSR count). The minimum atomic E-state index is -0.178. The number of hydrogen-bond donors (Lipinski definition) is 1. The van der Waals surface area contributed by atoms with Gasteiger partial charge < -0.3 is 10.1 Å². The van der Waals surface area contributed by atoms with Gasteiger partial charge in [0.2, 0.25) is 5.91 Å². The first-order chi connectivity index (χ1) is 9.70. The Morgan fingerprint density at radius 1 is 1.20 bits per heavy atom. The molecule has 4 heteroatoms. The predicted octanol–water partition coefficient (Wildman–Crippen LogP) is 2.31. The molecular formula is C16H17NO3. The maximum absolute atomic E-state index is 12.3. The lowest BCUT2D eigenvalue weighted by molar-refractivity contribution is -0.122. The first kappa shape index (κ1) is 12.9. The van der Waals surface area contributed by atoms with Crippen LogP contribution in [0.5, 0.6) is 5.75 Å². The molecule has 1 atom stereocenters. The molecule has 1 amide bonds. The summed E-state index contributed by atoms with van der Waals surface area (Å²) in [5.74, 6) is 0.691. The molecular weight excluding hydrogens is 254 g/mol. The second-order valence-electron chi connectivity index (χ2n) is 5.22. The Balaban J connectivity index is 2.11. The number of para-hydroxylation sites is 1. The lowest BCUT2D eigenvalue weighted by Gasteiger charge is -2.31. The average molecular weight is 271 g/mol. The summed E-state index contributed by atoms with van der Waals surface area (Å²) in [4.78, 5) is 24.2. The number of hydrogen-bond acceptors (Lipinski definition) is 3. The van der Waals surface area contributed by atoms with Gasteiger partial charge in [-0.3, -0.25) is 9.59 Å². The van der Waals surface area contributed by atoms with Gasteiger partial charge in [0.05, 0.1) is 7.11 Å². The van der Waals surface area contributed by atoms with Gasteiger partial charge in [-0.1, -0.05) is 18.2 Å². The zero-order chi connectivity index (χ0) is 14.1. The first-order valence-corrected chi connectivity index (χ1v) is 6.89. The van der Waals surface area contributed by atoms with Crippen molar-refractivity contribution in [3.63, 3.8) is 0 Å². The van der Waals surface area contributed by atoms with Crippen LogP contribution in [-0.4, -0.2) is 18.8 Å². The number of amides is 1. The SMILES string of the molecule is COc1ccccc1C1CC(=O)NC2=C1C(=O)CCC2. The first-order valence-electron chi connectivity index (χ1n) is 6.89. The van der Waals surface area contributed by atoms with Gasteiger partial charge in [0.25, 0.3) is 0 Å². The number of allylic oxidation sites excluding steroid dienone is 2. The third-order valence-corrected chi connectivity index (χ3v) is 4.00. The Kier molecular flexibility index (Phi) is 3.30. The fourth-order valence-corrected chi connectivity index (χ4v) is 3.12. The zero-order valence-electron chi connectivity index (χ0n) is 11.4. The number of Topliss-reactive ketones (excluding diaryl/α,β-unsaturated/α-hetero) is 1. The molecule has 2 aliphatic rings. The Labute approximate surface area is 117 Å². The molecule has 1 N–H and O–H groups in total. The van der Waals surface area contributed by atoms with Crippen molar-refractivity contribution in [1.82, 2.24) is 5.32 Å². The van der Waals surface area contributed by atoms with Crippen molar-refractivity contribution >= 4 is 11.7 Å². The second-order valence-corrected chi connectivity index (χ2v) is 5.22. The lowest BCUT2D eigenvalue weighted by atomic mass is 9.78. The number of carbonyl (C=O) groups excluding carboxylic acids is 2. The molecule has 20 heavy (non-hydrogen) atoms. The van der Waals surface area contributed by atoms with Crippen LogP contribution in [0.25, 0.3) is 0 Å². The van der Waals surface area contributed by atoms with E-state index in [-0.39, 0.29) is 17.6 Å². The van der Waals surface area contributed by atoms with Crippen LogP contribution in [0.1, 0.15) is 37.2 Å². The van der Waals surface area contributed by atoms with Crippen molar-refractivity contribution in [3.05, 3.63) is 41.1 Å². The van der Waals surface area contributed by atoms with Gasteiger partial charge >= 0.3 is 0 Å². The van der Waals surface area contributed by atoms with E-state index in [0.29, 0.717) is 12.8 Å². The lowest BCUT2D eigenvalue weighted by Crippen LogP contribution is -2.36. The summed E-state index contributed by atoms with van der Waals surface area (Å²) in [7, 11) is 1.61. The molecule has 0 saturated carbocycles. The summed E-state index contributed by atoms with van der Waals surface area (Å²) >= 11 is 0. The molecule has 1 aliphatic heterocycles. The van der Waals surface area contributed by atoms with E-state index in [4.69, 9.17) is 4.74 Å². The van der Waals surface area contributed by atoms with Gasteiger partial charge in [0.1, 0.15) is 5.75 Å². The highest BCUT2D eigenvalue weighted by Gasteiger charge is 2.35. The normalized spacial score (nSPS) is 22.4. The third kappa shape index (κ3) is 2.11. The van der Waals surface area contributed by atoms with E-state index in [2.05, 4.69) is 5.32 Å². The van der Waals surface area contributed by atoms with Crippen molar-refractivity contribution in [1.29, 1.82) is 0 Å². The Bertz CT molecular complexity index is 603. The predicted molar refractivity (Wildman–Crippen MR) is 74.4 cm³/mol. The minimum Gasteiger partial charge on any atom is -0.496 e. The molecule has 1 heterocycles. The fraction of sp³-hybridized carbons (Fsp3) is 0.375. The van der Waals surface area contributed by atoms with E-state index < -0.39 is 0 Å². The van der Waals surface area contributed by atoms with Crippen LogP contribution in [0, 0.1) is 0 Å². The summed E-state index contributed by atoms with van der Waals surface area (Å²) in [6.07, 6.45) is 2.47. The van der Waals surface area contributed by atoms with Crippen molar-refractivity contribution in [2.45, 2.75) is 31.6 Å². The van der Waals surface area contributed by atoms with Crippen molar-refractivity contribution in [2.75, 3.05) is 7.11 Å². The van der Waals surface area contributed by atoms with E-state index in [0.717, 1.165) is 35.4 Å². The van der Waals surface area contributed by atoms with Crippen LogP contribution in [0.3, 0.4) is 0 Å². The number of rotatable bonds is 2. The van der Waals surface area contributed by atoms with E-state index in [1.165, 1.54) is 0 Å². The summed E-state index contributed by atoms with van der Waals surface area (Å²) in [6.45, 7) is 0. The smallest absolute Gasteiger partial charge is 0.225 e. The maximum atomic E-state index is 12.3. The monoisotopic (exact) mass is 271 g/mol. The third-order valence-electron chi connectivity index (χ3n) is 4.00. The molecule has 104 valence electrons. The number of nitrogens with one attached hydrogen (secondary N) is 1. The topological polar surface area (TPSA) is 55.4 Å². The quantitative estimate of drug-likeness (QED) is 0.898. The molecule has 0 saturated heterocycles. The highest BCUT2D eigenvalue weighted by Crippen LogP contribution is 2.40. The molecule has 1 aliphatic carbocycles. The molecule has 0 bridgehead atoms. The van der Waals surface area contributed by atoms with Gasteiger partial charge in [-0.25, -0.2) is 0 Å². The summed E-state index contributed by atoms with van der Waals surface area (Å²) < 4.78 is 5.38. The number of benzene rings is 1. The van der Waals surface area contributed by atoms with Gasteiger partial charge in [-0.15, -0.1) is 0 Å². The molecule has 1 unspecified atom stereocenters. The largest absolute Gasteiger partial charge is 0.496 e. The van der Waals surface area contributed by atoms with E-state index in [1.807, 2.05) is 24.3 Å². The Morgan fingerprint density at radius 3 is 2.80 bits per heavy atom. The molecule has 0 aromatic heterocycles. The van der Waals surface area contributed by atoms with Gasteiger partial charge in [-0.05, 0) is 18.9 Å². The van der Waals surface area contributed by atoms with E-state index in [1.54, 1.807) is 7.11 Å². The molecule has 0 radical (unpaired) electrons. The van der Waals surface area contributed by atoms with E-state index in [9.17, 15) is 9.59 Å². The van der Waals surface area contributed by atoms with Crippen molar-refractivity contribution in [2.24, 2.45) is 0 Å². The van der Waals surface area contributed by atoms with Crippen molar-refractivity contribution in [3.8, 4) is 5.75 Å².